The first kappa shape index (κ1) is 21.3. The van der Waals surface area contributed by atoms with E-state index < -0.39 is 0 Å². The summed E-state index contributed by atoms with van der Waals surface area (Å²) in [5, 5.41) is 2.02. The van der Waals surface area contributed by atoms with Crippen LogP contribution in [-0.4, -0.2) is 75.2 Å². The summed E-state index contributed by atoms with van der Waals surface area (Å²) in [5.41, 5.74) is 1.57. The number of carbonyl (C=O) groups excluding carboxylic acids is 2. The van der Waals surface area contributed by atoms with E-state index >= 15 is 0 Å². The maximum Gasteiger partial charge on any atom is 0.274 e. The van der Waals surface area contributed by atoms with Crippen molar-refractivity contribution in [3.05, 3.63) is 23.0 Å². The summed E-state index contributed by atoms with van der Waals surface area (Å²) in [6.07, 6.45) is 7.32. The van der Waals surface area contributed by atoms with Gasteiger partial charge < -0.3 is 9.80 Å². The molecular formula is C22H33N5O2S. The minimum absolute atomic E-state index is 0.0470. The molecule has 8 heteroatoms. The summed E-state index contributed by atoms with van der Waals surface area (Å²) < 4.78 is 2.07. The Morgan fingerprint density at radius 1 is 1.13 bits per heavy atom. The summed E-state index contributed by atoms with van der Waals surface area (Å²) in [5.74, 6) is 0.377. The fraction of sp³-hybridized carbons (Fsp3) is 0.682. The maximum absolute atomic E-state index is 13.2. The Bertz CT molecular complexity index is 881. The van der Waals surface area contributed by atoms with Crippen LogP contribution in [0.4, 0.5) is 0 Å². The van der Waals surface area contributed by atoms with E-state index in [-0.39, 0.29) is 17.7 Å². The van der Waals surface area contributed by atoms with Crippen molar-refractivity contribution < 1.29 is 9.59 Å². The molecule has 4 heterocycles. The molecule has 2 saturated heterocycles. The lowest BCUT2D eigenvalue weighted by Crippen LogP contribution is -2.44. The van der Waals surface area contributed by atoms with Gasteiger partial charge in [-0.05, 0) is 52.5 Å². The van der Waals surface area contributed by atoms with E-state index in [0.717, 1.165) is 75.6 Å². The molecule has 0 N–H and O–H groups in total. The number of rotatable bonds is 6. The second-order valence-corrected chi connectivity index (χ2v) is 9.27. The number of piperidine rings is 2. The third kappa shape index (κ3) is 4.25. The molecule has 0 bridgehead atoms. The molecule has 2 aromatic heterocycles. The topological polar surface area (TPSA) is 61.2 Å². The molecular weight excluding hydrogens is 398 g/mol. The highest BCUT2D eigenvalue weighted by molar-refractivity contribution is 7.15. The van der Waals surface area contributed by atoms with Gasteiger partial charge in [0.1, 0.15) is 0 Å². The summed E-state index contributed by atoms with van der Waals surface area (Å²) in [7, 11) is 0. The zero-order chi connectivity index (χ0) is 21.1. The largest absolute Gasteiger partial charge is 0.343 e. The van der Waals surface area contributed by atoms with E-state index in [1.165, 1.54) is 6.42 Å². The molecule has 30 heavy (non-hydrogen) atoms. The van der Waals surface area contributed by atoms with Crippen molar-refractivity contribution >= 4 is 28.1 Å². The van der Waals surface area contributed by atoms with E-state index in [2.05, 4.69) is 9.30 Å². The van der Waals surface area contributed by atoms with Gasteiger partial charge in [0.25, 0.3) is 5.91 Å². The molecule has 2 aliphatic heterocycles. The van der Waals surface area contributed by atoms with Gasteiger partial charge in [-0.25, -0.2) is 4.98 Å². The zero-order valence-electron chi connectivity index (χ0n) is 18.2. The minimum Gasteiger partial charge on any atom is -0.343 e. The van der Waals surface area contributed by atoms with Crippen LogP contribution in [-0.2, 0) is 11.3 Å². The molecule has 2 aliphatic rings. The van der Waals surface area contributed by atoms with Crippen molar-refractivity contribution in [2.45, 2.75) is 52.5 Å². The predicted molar refractivity (Wildman–Crippen MR) is 119 cm³/mol. The first-order valence-electron chi connectivity index (χ1n) is 11.4. The minimum atomic E-state index is 0.0470. The standard InChI is InChI=1S/C22H33N5O2S/c1-3-25(4-2)20(28)17-9-8-10-24(15-17)16-18-19(23-22-27(18)13-14-30-22)21(29)26-11-6-5-7-12-26/h13-14,17H,3-12,15-16H2,1-2H3/t17-/m0/s1. The zero-order valence-corrected chi connectivity index (χ0v) is 19.0. The fourth-order valence-electron chi connectivity index (χ4n) is 4.81. The summed E-state index contributed by atoms with van der Waals surface area (Å²) in [6, 6.07) is 0. The van der Waals surface area contributed by atoms with Gasteiger partial charge in [-0.1, -0.05) is 0 Å². The van der Waals surface area contributed by atoms with Crippen molar-refractivity contribution in [2.24, 2.45) is 5.92 Å². The Hall–Kier alpha value is -1.93. The lowest BCUT2D eigenvalue weighted by atomic mass is 9.96. The number of imidazole rings is 1. The van der Waals surface area contributed by atoms with Crippen LogP contribution in [0.15, 0.2) is 11.6 Å². The molecule has 0 aliphatic carbocycles. The smallest absolute Gasteiger partial charge is 0.274 e. The molecule has 0 radical (unpaired) electrons. The highest BCUT2D eigenvalue weighted by Gasteiger charge is 2.31. The van der Waals surface area contributed by atoms with Crippen LogP contribution in [0.2, 0.25) is 0 Å². The third-order valence-corrected chi connectivity index (χ3v) is 7.27. The summed E-state index contributed by atoms with van der Waals surface area (Å²) in [4.78, 5) is 37.9. The first-order valence-corrected chi connectivity index (χ1v) is 12.2. The number of fused-ring (bicyclic) bond motifs is 1. The van der Waals surface area contributed by atoms with Crippen molar-refractivity contribution in [2.75, 3.05) is 39.3 Å². The Morgan fingerprint density at radius 2 is 1.90 bits per heavy atom. The molecule has 0 aromatic carbocycles. The SMILES string of the molecule is CCN(CC)C(=O)[C@H]1CCCN(Cc2c(C(=O)N3CCCCC3)nc3sccn23)C1. The number of aromatic nitrogens is 2. The van der Waals surface area contributed by atoms with Gasteiger partial charge in [0, 0.05) is 50.8 Å². The molecule has 164 valence electrons. The van der Waals surface area contributed by atoms with E-state index in [4.69, 9.17) is 4.98 Å². The number of hydrogen-bond acceptors (Lipinski definition) is 5. The van der Waals surface area contributed by atoms with Crippen LogP contribution in [0.3, 0.4) is 0 Å². The van der Waals surface area contributed by atoms with E-state index in [0.29, 0.717) is 12.2 Å². The lowest BCUT2D eigenvalue weighted by molar-refractivity contribution is -0.137. The van der Waals surface area contributed by atoms with Gasteiger partial charge in [0.05, 0.1) is 11.6 Å². The maximum atomic E-state index is 13.2. The van der Waals surface area contributed by atoms with E-state index in [1.807, 2.05) is 35.2 Å². The summed E-state index contributed by atoms with van der Waals surface area (Å²) >= 11 is 1.57. The Balaban J connectivity index is 1.53. The number of nitrogens with zero attached hydrogens (tertiary/aromatic N) is 5. The van der Waals surface area contributed by atoms with Crippen molar-refractivity contribution in [1.29, 1.82) is 0 Å². The van der Waals surface area contributed by atoms with Crippen LogP contribution in [0.1, 0.15) is 62.1 Å². The van der Waals surface area contributed by atoms with Crippen LogP contribution in [0.25, 0.3) is 4.96 Å². The Labute approximate surface area is 182 Å². The highest BCUT2D eigenvalue weighted by atomic mass is 32.1. The van der Waals surface area contributed by atoms with Crippen LogP contribution >= 0.6 is 11.3 Å². The lowest BCUT2D eigenvalue weighted by Gasteiger charge is -2.34. The van der Waals surface area contributed by atoms with Gasteiger partial charge in [-0.2, -0.15) is 0 Å². The number of hydrogen-bond donors (Lipinski definition) is 0. The molecule has 7 nitrogen and oxygen atoms in total. The normalized spacial score (nSPS) is 20.6. The molecule has 4 rings (SSSR count). The van der Waals surface area contributed by atoms with Crippen LogP contribution in [0, 0.1) is 5.92 Å². The molecule has 2 amide bonds. The molecule has 1 atom stereocenters. The quantitative estimate of drug-likeness (QED) is 0.705. The Morgan fingerprint density at radius 3 is 2.63 bits per heavy atom. The highest BCUT2D eigenvalue weighted by Crippen LogP contribution is 2.25. The summed E-state index contributed by atoms with van der Waals surface area (Å²) in [6.45, 7) is 9.63. The van der Waals surface area contributed by atoms with Crippen molar-refractivity contribution in [1.82, 2.24) is 24.1 Å². The number of carbonyl (C=O) groups is 2. The van der Waals surface area contributed by atoms with E-state index in [1.54, 1.807) is 11.3 Å². The fourth-order valence-corrected chi connectivity index (χ4v) is 5.54. The number of likely N-dealkylation sites (tertiary alicyclic amines) is 2. The van der Waals surface area contributed by atoms with Gasteiger partial charge in [0.2, 0.25) is 5.91 Å². The third-order valence-electron chi connectivity index (χ3n) is 6.51. The second kappa shape index (κ2) is 9.47. The van der Waals surface area contributed by atoms with Crippen LogP contribution < -0.4 is 0 Å². The molecule has 0 saturated carbocycles. The molecule has 2 fully saturated rings. The molecule has 0 unspecified atom stereocenters. The second-order valence-electron chi connectivity index (χ2n) is 8.40. The monoisotopic (exact) mass is 431 g/mol. The van der Waals surface area contributed by atoms with E-state index in [9.17, 15) is 9.59 Å². The van der Waals surface area contributed by atoms with Gasteiger partial charge in [-0.15, -0.1) is 11.3 Å². The number of thiazole rings is 1. The molecule has 0 spiro atoms. The molecule has 2 aromatic rings. The van der Waals surface area contributed by atoms with Crippen LogP contribution in [0.5, 0.6) is 0 Å². The number of amides is 2. The average Bonchev–Trinajstić information content (AvgIpc) is 3.37. The Kier molecular flexibility index (Phi) is 6.73. The van der Waals surface area contributed by atoms with Gasteiger partial charge in [0.15, 0.2) is 10.7 Å². The first-order chi connectivity index (χ1) is 14.6. The predicted octanol–water partition coefficient (Wildman–Crippen LogP) is 3.10. The van der Waals surface area contributed by atoms with Crippen molar-refractivity contribution in [3.8, 4) is 0 Å². The van der Waals surface area contributed by atoms with Gasteiger partial charge in [-0.3, -0.25) is 18.9 Å². The average molecular weight is 432 g/mol. The van der Waals surface area contributed by atoms with Gasteiger partial charge >= 0.3 is 0 Å². The van der Waals surface area contributed by atoms with Crippen molar-refractivity contribution in [3.63, 3.8) is 0 Å².